The molecule has 0 aliphatic carbocycles. The van der Waals surface area contributed by atoms with Gasteiger partial charge in [0.05, 0.1) is 0 Å². The number of nitrogens with zero attached hydrogens (tertiary/aromatic N) is 1. The number of hydrogen-bond acceptors (Lipinski definition) is 2. The summed E-state index contributed by atoms with van der Waals surface area (Å²) in [5.41, 5.74) is 1.38. The van der Waals surface area contributed by atoms with Crippen molar-refractivity contribution in [2.45, 2.75) is 20.3 Å². The highest BCUT2D eigenvalue weighted by molar-refractivity contribution is 5.85. The van der Waals surface area contributed by atoms with E-state index in [1.54, 1.807) is 0 Å². The van der Waals surface area contributed by atoms with E-state index in [1.807, 2.05) is 0 Å². The van der Waals surface area contributed by atoms with Crippen LogP contribution in [0.1, 0.15) is 20.3 Å². The molecule has 1 heterocycles. The number of rotatable bonds is 5. The van der Waals surface area contributed by atoms with E-state index >= 15 is 0 Å². The molecule has 2 heteroatoms. The molecule has 1 aliphatic rings. The normalized spacial score (nSPS) is 18.8. The van der Waals surface area contributed by atoms with Gasteiger partial charge in [0.2, 0.25) is 0 Å². The van der Waals surface area contributed by atoms with Crippen LogP contribution in [-0.2, 0) is 0 Å². The molecule has 2 aromatic rings. The van der Waals surface area contributed by atoms with Crippen molar-refractivity contribution in [1.29, 1.82) is 0 Å². The lowest BCUT2D eigenvalue weighted by Gasteiger charge is -2.19. The Hall–Kier alpha value is -1.54. The number of hydrogen-bond donors (Lipinski definition) is 1. The van der Waals surface area contributed by atoms with Crippen molar-refractivity contribution in [3.05, 3.63) is 42.5 Å². The van der Waals surface area contributed by atoms with Crippen molar-refractivity contribution in [1.82, 2.24) is 5.32 Å². The lowest BCUT2D eigenvalue weighted by Crippen LogP contribution is -2.28. The Bertz CT molecular complexity index is 591. The zero-order valence-electron chi connectivity index (χ0n) is 13.2. The van der Waals surface area contributed by atoms with Crippen LogP contribution in [0.15, 0.2) is 42.5 Å². The van der Waals surface area contributed by atoms with Crippen LogP contribution < -0.4 is 10.2 Å². The summed E-state index contributed by atoms with van der Waals surface area (Å²) in [7, 11) is 0. The zero-order chi connectivity index (χ0) is 14.7. The van der Waals surface area contributed by atoms with Gasteiger partial charge in [0.15, 0.2) is 0 Å². The average molecular weight is 282 g/mol. The first kappa shape index (κ1) is 14.4. The van der Waals surface area contributed by atoms with Gasteiger partial charge in [-0.05, 0) is 54.3 Å². The summed E-state index contributed by atoms with van der Waals surface area (Å²) in [5, 5.41) is 6.27. The van der Waals surface area contributed by atoms with Crippen molar-refractivity contribution in [2.24, 2.45) is 11.8 Å². The Morgan fingerprint density at radius 1 is 1.14 bits per heavy atom. The largest absolute Gasteiger partial charge is 0.371 e. The minimum atomic E-state index is 0.739. The van der Waals surface area contributed by atoms with Crippen LogP contribution in [0.5, 0.6) is 0 Å². The van der Waals surface area contributed by atoms with Crippen LogP contribution >= 0.6 is 0 Å². The highest BCUT2D eigenvalue weighted by Gasteiger charge is 2.22. The summed E-state index contributed by atoms with van der Waals surface area (Å²) >= 11 is 0. The maximum atomic E-state index is 3.60. The Labute approximate surface area is 128 Å². The smallest absolute Gasteiger partial charge is 0.0372 e. The summed E-state index contributed by atoms with van der Waals surface area (Å²) < 4.78 is 0. The van der Waals surface area contributed by atoms with Crippen LogP contribution in [0.4, 0.5) is 5.69 Å². The molecule has 112 valence electrons. The molecule has 1 N–H and O–H groups in total. The average Bonchev–Trinajstić information content (AvgIpc) is 2.95. The van der Waals surface area contributed by atoms with Crippen LogP contribution in [-0.4, -0.2) is 26.2 Å². The van der Waals surface area contributed by atoms with Crippen molar-refractivity contribution < 1.29 is 0 Å². The van der Waals surface area contributed by atoms with E-state index in [-0.39, 0.29) is 0 Å². The maximum Gasteiger partial charge on any atom is 0.0372 e. The second-order valence-electron chi connectivity index (χ2n) is 6.68. The standard InChI is InChI=1S/C19H26N2/c1-15(2)12-20-13-16-9-10-21(14-16)19-8-7-17-5-3-4-6-18(17)11-19/h3-8,11,15-16,20H,9-10,12-14H2,1-2H3. The second kappa shape index (κ2) is 6.48. The van der Waals surface area contributed by atoms with Crippen LogP contribution in [0.2, 0.25) is 0 Å². The predicted octanol–water partition coefficient (Wildman–Crippen LogP) is 3.91. The zero-order valence-corrected chi connectivity index (χ0v) is 13.2. The van der Waals surface area contributed by atoms with E-state index in [0.717, 1.165) is 24.9 Å². The van der Waals surface area contributed by atoms with Gasteiger partial charge >= 0.3 is 0 Å². The van der Waals surface area contributed by atoms with E-state index in [9.17, 15) is 0 Å². The fourth-order valence-electron chi connectivity index (χ4n) is 3.18. The van der Waals surface area contributed by atoms with E-state index in [0.29, 0.717) is 0 Å². The maximum absolute atomic E-state index is 3.60. The van der Waals surface area contributed by atoms with E-state index in [1.165, 1.54) is 36.0 Å². The highest BCUT2D eigenvalue weighted by atomic mass is 15.2. The minimum Gasteiger partial charge on any atom is -0.371 e. The Balaban J connectivity index is 1.62. The predicted molar refractivity (Wildman–Crippen MR) is 92.0 cm³/mol. The first-order chi connectivity index (χ1) is 10.2. The Kier molecular flexibility index (Phi) is 4.45. The summed E-state index contributed by atoms with van der Waals surface area (Å²) in [5.74, 6) is 1.53. The molecule has 2 nitrogen and oxygen atoms in total. The van der Waals surface area contributed by atoms with Crippen LogP contribution in [0, 0.1) is 11.8 Å². The van der Waals surface area contributed by atoms with Gasteiger partial charge in [-0.1, -0.05) is 44.2 Å². The summed E-state index contributed by atoms with van der Waals surface area (Å²) in [6.07, 6.45) is 1.30. The van der Waals surface area contributed by atoms with Crippen molar-refractivity contribution in [2.75, 3.05) is 31.1 Å². The monoisotopic (exact) mass is 282 g/mol. The fourth-order valence-corrected chi connectivity index (χ4v) is 3.18. The van der Waals surface area contributed by atoms with Gasteiger partial charge in [-0.25, -0.2) is 0 Å². The molecule has 0 amide bonds. The van der Waals surface area contributed by atoms with Gasteiger partial charge in [-0.15, -0.1) is 0 Å². The molecular formula is C19H26N2. The van der Waals surface area contributed by atoms with Crippen molar-refractivity contribution >= 4 is 16.5 Å². The quantitative estimate of drug-likeness (QED) is 0.894. The first-order valence-electron chi connectivity index (χ1n) is 8.17. The Morgan fingerprint density at radius 3 is 2.76 bits per heavy atom. The molecule has 0 radical (unpaired) electrons. The number of fused-ring (bicyclic) bond motifs is 1. The first-order valence-corrected chi connectivity index (χ1v) is 8.17. The molecular weight excluding hydrogens is 256 g/mol. The van der Waals surface area contributed by atoms with E-state index in [2.05, 4.69) is 66.5 Å². The van der Waals surface area contributed by atoms with Gasteiger partial charge in [0.1, 0.15) is 0 Å². The van der Waals surface area contributed by atoms with Gasteiger partial charge in [-0.2, -0.15) is 0 Å². The molecule has 0 spiro atoms. The number of anilines is 1. The highest BCUT2D eigenvalue weighted by Crippen LogP contribution is 2.27. The van der Waals surface area contributed by atoms with Gasteiger partial charge < -0.3 is 10.2 Å². The minimum absolute atomic E-state index is 0.739. The molecule has 3 rings (SSSR count). The summed E-state index contributed by atoms with van der Waals surface area (Å²) in [4.78, 5) is 2.54. The molecule has 1 fully saturated rings. The van der Waals surface area contributed by atoms with E-state index in [4.69, 9.17) is 0 Å². The molecule has 0 saturated carbocycles. The summed E-state index contributed by atoms with van der Waals surface area (Å²) in [6, 6.07) is 15.5. The van der Waals surface area contributed by atoms with Crippen LogP contribution in [0.25, 0.3) is 10.8 Å². The van der Waals surface area contributed by atoms with Crippen LogP contribution in [0.3, 0.4) is 0 Å². The third-order valence-electron chi connectivity index (χ3n) is 4.37. The van der Waals surface area contributed by atoms with Crippen molar-refractivity contribution in [3.63, 3.8) is 0 Å². The van der Waals surface area contributed by atoms with Gasteiger partial charge in [0.25, 0.3) is 0 Å². The van der Waals surface area contributed by atoms with Gasteiger partial charge in [0, 0.05) is 18.8 Å². The summed E-state index contributed by atoms with van der Waals surface area (Å²) in [6.45, 7) is 9.19. The number of nitrogens with one attached hydrogen (secondary N) is 1. The van der Waals surface area contributed by atoms with E-state index < -0.39 is 0 Å². The third kappa shape index (κ3) is 3.56. The molecule has 1 unspecified atom stereocenters. The molecule has 0 bridgehead atoms. The molecule has 21 heavy (non-hydrogen) atoms. The lowest BCUT2D eigenvalue weighted by molar-refractivity contribution is 0.477. The SMILES string of the molecule is CC(C)CNCC1CCN(c2ccc3ccccc3c2)C1. The second-order valence-corrected chi connectivity index (χ2v) is 6.68. The topological polar surface area (TPSA) is 15.3 Å². The third-order valence-corrected chi connectivity index (χ3v) is 4.37. The fraction of sp³-hybridized carbons (Fsp3) is 0.474. The Morgan fingerprint density at radius 2 is 1.95 bits per heavy atom. The van der Waals surface area contributed by atoms with Gasteiger partial charge in [-0.3, -0.25) is 0 Å². The molecule has 2 aromatic carbocycles. The molecule has 1 aliphatic heterocycles. The molecule has 1 saturated heterocycles. The number of benzene rings is 2. The lowest BCUT2D eigenvalue weighted by atomic mass is 10.1. The van der Waals surface area contributed by atoms with Crippen molar-refractivity contribution in [3.8, 4) is 0 Å². The molecule has 1 atom stereocenters. The molecule has 0 aromatic heterocycles.